The molecule has 1 aromatic heterocycles. The van der Waals surface area contributed by atoms with E-state index in [-0.39, 0.29) is 18.4 Å². The fourth-order valence-electron chi connectivity index (χ4n) is 2.54. The van der Waals surface area contributed by atoms with E-state index in [4.69, 9.17) is 4.42 Å². The van der Waals surface area contributed by atoms with Crippen molar-refractivity contribution in [3.63, 3.8) is 0 Å². The summed E-state index contributed by atoms with van der Waals surface area (Å²) >= 11 is 3.39. The molecule has 0 saturated carbocycles. The predicted molar refractivity (Wildman–Crippen MR) is 97.4 cm³/mol. The molecule has 1 heterocycles. The molecule has 128 valence electrons. The number of aryl methyl sites for hydroxylation is 3. The van der Waals surface area contributed by atoms with E-state index in [2.05, 4.69) is 21.2 Å². The molecular formula is C18H21BrN2O3. The van der Waals surface area contributed by atoms with Crippen LogP contribution in [0.25, 0.3) is 0 Å². The zero-order chi connectivity index (χ0) is 18.0. The van der Waals surface area contributed by atoms with Gasteiger partial charge in [0.15, 0.2) is 0 Å². The van der Waals surface area contributed by atoms with Gasteiger partial charge < -0.3 is 14.6 Å². The number of halogens is 1. The molecule has 2 amide bonds. The first-order chi connectivity index (χ1) is 11.2. The maximum Gasteiger partial charge on any atom is 0.257 e. The summed E-state index contributed by atoms with van der Waals surface area (Å²) in [5.41, 5.74) is 3.02. The Morgan fingerprint density at radius 2 is 1.83 bits per heavy atom. The summed E-state index contributed by atoms with van der Waals surface area (Å²) in [5, 5.41) is 2.83. The molecule has 0 atom stereocenters. The van der Waals surface area contributed by atoms with Crippen LogP contribution in [0.15, 0.2) is 27.1 Å². The number of furan rings is 1. The second kappa shape index (κ2) is 7.21. The highest BCUT2D eigenvalue weighted by molar-refractivity contribution is 9.10. The van der Waals surface area contributed by atoms with E-state index in [1.54, 1.807) is 14.0 Å². The number of hydrogen-bond acceptors (Lipinski definition) is 3. The molecule has 0 aliphatic heterocycles. The highest BCUT2D eigenvalue weighted by Gasteiger charge is 2.23. The average molecular weight is 393 g/mol. The second-order valence-electron chi connectivity index (χ2n) is 5.88. The summed E-state index contributed by atoms with van der Waals surface area (Å²) in [6.07, 6.45) is 0. The van der Waals surface area contributed by atoms with Crippen LogP contribution in [0.4, 0.5) is 5.69 Å². The second-order valence-corrected chi connectivity index (χ2v) is 6.80. The first-order valence-corrected chi connectivity index (χ1v) is 8.38. The lowest BCUT2D eigenvalue weighted by Gasteiger charge is -2.17. The minimum Gasteiger partial charge on any atom is -0.466 e. The lowest BCUT2D eigenvalue weighted by molar-refractivity contribution is -0.116. The molecule has 1 aromatic carbocycles. The first kappa shape index (κ1) is 18.3. The summed E-state index contributed by atoms with van der Waals surface area (Å²) in [6, 6.07) is 5.61. The molecule has 5 nitrogen and oxygen atoms in total. The summed E-state index contributed by atoms with van der Waals surface area (Å²) in [5.74, 6) is 0.835. The molecule has 0 aliphatic rings. The molecule has 2 rings (SSSR count). The third kappa shape index (κ3) is 3.87. The monoisotopic (exact) mass is 392 g/mol. The van der Waals surface area contributed by atoms with Gasteiger partial charge >= 0.3 is 0 Å². The van der Waals surface area contributed by atoms with Crippen molar-refractivity contribution in [3.8, 4) is 0 Å². The maximum absolute atomic E-state index is 12.6. The Morgan fingerprint density at radius 3 is 2.38 bits per heavy atom. The number of nitrogens with one attached hydrogen (secondary N) is 1. The zero-order valence-corrected chi connectivity index (χ0v) is 16.1. The van der Waals surface area contributed by atoms with E-state index in [1.165, 1.54) is 4.90 Å². The highest BCUT2D eigenvalue weighted by atomic mass is 79.9. The van der Waals surface area contributed by atoms with Crippen molar-refractivity contribution in [1.29, 1.82) is 0 Å². The number of anilines is 1. The van der Waals surface area contributed by atoms with E-state index < -0.39 is 0 Å². The summed E-state index contributed by atoms with van der Waals surface area (Å²) in [7, 11) is 1.61. The highest BCUT2D eigenvalue weighted by Crippen LogP contribution is 2.22. The van der Waals surface area contributed by atoms with Crippen molar-refractivity contribution in [2.45, 2.75) is 27.7 Å². The zero-order valence-electron chi connectivity index (χ0n) is 14.5. The number of nitrogens with zero attached hydrogens (tertiary/aromatic N) is 1. The van der Waals surface area contributed by atoms with Gasteiger partial charge in [0.25, 0.3) is 5.91 Å². The van der Waals surface area contributed by atoms with E-state index in [0.29, 0.717) is 11.3 Å². The minimum atomic E-state index is -0.244. The molecular weight excluding hydrogens is 372 g/mol. The third-order valence-corrected chi connectivity index (χ3v) is 4.46. The van der Waals surface area contributed by atoms with Crippen LogP contribution in [0.1, 0.15) is 33.0 Å². The van der Waals surface area contributed by atoms with Crippen LogP contribution in [0.2, 0.25) is 0 Å². The molecule has 0 radical (unpaired) electrons. The van der Waals surface area contributed by atoms with Gasteiger partial charge in [-0.2, -0.15) is 0 Å². The van der Waals surface area contributed by atoms with E-state index in [1.807, 2.05) is 39.0 Å². The van der Waals surface area contributed by atoms with Gasteiger partial charge in [0.05, 0.1) is 12.1 Å². The summed E-state index contributed by atoms with van der Waals surface area (Å²) < 4.78 is 6.44. The van der Waals surface area contributed by atoms with E-state index in [9.17, 15) is 9.59 Å². The molecule has 6 heteroatoms. The normalized spacial score (nSPS) is 10.6. The molecule has 0 saturated heterocycles. The molecule has 0 unspecified atom stereocenters. The van der Waals surface area contributed by atoms with Gasteiger partial charge in [-0.1, -0.05) is 15.9 Å². The largest absolute Gasteiger partial charge is 0.466 e. The molecule has 0 spiro atoms. The smallest absolute Gasteiger partial charge is 0.257 e. The van der Waals surface area contributed by atoms with E-state index in [0.717, 1.165) is 27.0 Å². The van der Waals surface area contributed by atoms with Crippen molar-refractivity contribution in [3.05, 3.63) is 50.9 Å². The molecule has 24 heavy (non-hydrogen) atoms. The number of likely N-dealkylation sites (N-methyl/N-ethyl adjacent to an activating group) is 1. The Balaban J connectivity index is 2.07. The van der Waals surface area contributed by atoms with Crippen LogP contribution < -0.4 is 5.32 Å². The maximum atomic E-state index is 12.6. The standard InChI is InChI=1S/C18H21BrN2O3/c1-10-8-14(19)6-7-15(10)20-16(22)9-21(5)18(23)17-11(2)12(3)24-13(17)4/h6-8H,9H2,1-5H3,(H,20,22). The lowest BCUT2D eigenvalue weighted by atomic mass is 10.1. The fourth-order valence-corrected chi connectivity index (χ4v) is 3.02. The molecule has 1 N–H and O–H groups in total. The van der Waals surface area contributed by atoms with Gasteiger partial charge in [0.2, 0.25) is 5.91 Å². The number of rotatable bonds is 4. The number of amides is 2. The molecule has 2 aromatic rings. The Labute approximate surface area is 150 Å². The van der Waals surface area contributed by atoms with Gasteiger partial charge in [-0.25, -0.2) is 0 Å². The van der Waals surface area contributed by atoms with Crippen LogP contribution >= 0.6 is 15.9 Å². The Kier molecular flexibility index (Phi) is 5.49. The third-order valence-electron chi connectivity index (χ3n) is 3.97. The number of benzene rings is 1. The quantitative estimate of drug-likeness (QED) is 0.855. The number of carbonyl (C=O) groups is 2. The van der Waals surface area contributed by atoms with Crippen LogP contribution in [-0.2, 0) is 4.79 Å². The fraction of sp³-hybridized carbons (Fsp3) is 0.333. The SMILES string of the molecule is Cc1cc(Br)ccc1NC(=O)CN(C)C(=O)c1c(C)oc(C)c1C. The van der Waals surface area contributed by atoms with Gasteiger partial charge in [-0.3, -0.25) is 9.59 Å². The lowest BCUT2D eigenvalue weighted by Crippen LogP contribution is -2.35. The van der Waals surface area contributed by atoms with Crippen molar-refractivity contribution in [2.24, 2.45) is 0 Å². The van der Waals surface area contributed by atoms with Crippen molar-refractivity contribution in [1.82, 2.24) is 4.90 Å². The van der Waals surface area contributed by atoms with Crippen molar-refractivity contribution >= 4 is 33.4 Å². The van der Waals surface area contributed by atoms with Gasteiger partial charge in [-0.05, 0) is 51.5 Å². The van der Waals surface area contributed by atoms with Gasteiger partial charge in [-0.15, -0.1) is 0 Å². The topological polar surface area (TPSA) is 62.6 Å². The van der Waals surface area contributed by atoms with Crippen molar-refractivity contribution in [2.75, 3.05) is 18.9 Å². The summed E-state index contributed by atoms with van der Waals surface area (Å²) in [6.45, 7) is 7.31. The van der Waals surface area contributed by atoms with Gasteiger partial charge in [0, 0.05) is 22.8 Å². The van der Waals surface area contributed by atoms with Crippen LogP contribution in [0.5, 0.6) is 0 Å². The van der Waals surface area contributed by atoms with Crippen LogP contribution in [0.3, 0.4) is 0 Å². The predicted octanol–water partition coefficient (Wildman–Crippen LogP) is 3.99. The Bertz CT molecular complexity index is 796. The van der Waals surface area contributed by atoms with E-state index >= 15 is 0 Å². The molecule has 0 bridgehead atoms. The van der Waals surface area contributed by atoms with Crippen LogP contribution in [0, 0.1) is 27.7 Å². The molecule has 0 fully saturated rings. The number of hydrogen-bond donors (Lipinski definition) is 1. The Morgan fingerprint density at radius 1 is 1.17 bits per heavy atom. The average Bonchev–Trinajstić information content (AvgIpc) is 2.74. The first-order valence-electron chi connectivity index (χ1n) is 7.58. The number of carbonyl (C=O) groups excluding carboxylic acids is 2. The van der Waals surface area contributed by atoms with Crippen LogP contribution in [-0.4, -0.2) is 30.3 Å². The van der Waals surface area contributed by atoms with Crippen molar-refractivity contribution < 1.29 is 14.0 Å². The minimum absolute atomic E-state index is 0.0303. The molecule has 0 aliphatic carbocycles. The van der Waals surface area contributed by atoms with Gasteiger partial charge in [0.1, 0.15) is 11.5 Å². The summed E-state index contributed by atoms with van der Waals surface area (Å²) in [4.78, 5) is 26.2. The Hall–Kier alpha value is -2.08.